The zero-order valence-corrected chi connectivity index (χ0v) is 21.4. The van der Waals surface area contributed by atoms with E-state index in [1.54, 1.807) is 19.1 Å². The second-order valence-electron chi connectivity index (χ2n) is 9.48. The Labute approximate surface area is 217 Å². The van der Waals surface area contributed by atoms with Crippen molar-refractivity contribution in [3.05, 3.63) is 88.9 Å². The minimum Gasteiger partial charge on any atom is -0.369 e. The van der Waals surface area contributed by atoms with Crippen LogP contribution in [0.2, 0.25) is 5.02 Å². The number of carbonyl (C=O) groups excluding carboxylic acids is 2. The fourth-order valence-electron chi connectivity index (χ4n) is 5.40. The molecule has 3 aromatic rings. The maximum atomic E-state index is 13.8. The molecule has 7 heteroatoms. The Morgan fingerprint density at radius 3 is 2.28 bits per heavy atom. The highest BCUT2D eigenvalue weighted by molar-refractivity contribution is 6.30. The summed E-state index contributed by atoms with van der Waals surface area (Å²) in [4.78, 5) is 32.7. The summed E-state index contributed by atoms with van der Waals surface area (Å²) in [6, 6.07) is 22.9. The molecule has 186 valence electrons. The van der Waals surface area contributed by atoms with E-state index in [1.807, 2.05) is 70.5 Å². The number of benzene rings is 3. The second-order valence-corrected chi connectivity index (χ2v) is 9.92. The fraction of sp³-hybridized carbons (Fsp3) is 0.310. The maximum Gasteiger partial charge on any atom is 0.258 e. The number of para-hydroxylation sites is 1. The molecule has 6 nitrogen and oxygen atoms in total. The molecule has 2 atom stereocenters. The monoisotopic (exact) mass is 502 g/mol. The van der Waals surface area contributed by atoms with Crippen molar-refractivity contribution in [3.63, 3.8) is 0 Å². The molecule has 1 N–H and O–H groups in total. The fourth-order valence-corrected chi connectivity index (χ4v) is 5.52. The first-order valence-electron chi connectivity index (χ1n) is 12.5. The number of fused-ring (bicyclic) bond motifs is 1. The summed E-state index contributed by atoms with van der Waals surface area (Å²) in [6.45, 7) is 7.50. The first-order valence-corrected chi connectivity index (χ1v) is 12.9. The van der Waals surface area contributed by atoms with Gasteiger partial charge in [0.25, 0.3) is 5.91 Å². The van der Waals surface area contributed by atoms with Crippen LogP contribution in [0.25, 0.3) is 0 Å². The molecule has 2 amide bonds. The molecular formula is C29H31ClN4O2. The third kappa shape index (κ3) is 4.71. The molecule has 0 aliphatic carbocycles. The van der Waals surface area contributed by atoms with Crippen molar-refractivity contribution in [2.45, 2.75) is 32.4 Å². The quantitative estimate of drug-likeness (QED) is 0.527. The van der Waals surface area contributed by atoms with E-state index >= 15 is 0 Å². The molecule has 1 fully saturated rings. The number of anilines is 3. The van der Waals surface area contributed by atoms with Gasteiger partial charge in [-0.2, -0.15) is 0 Å². The summed E-state index contributed by atoms with van der Waals surface area (Å²) in [5.41, 5.74) is 4.40. The van der Waals surface area contributed by atoms with Crippen molar-refractivity contribution in [2.24, 2.45) is 0 Å². The van der Waals surface area contributed by atoms with Gasteiger partial charge in [0.1, 0.15) is 0 Å². The summed E-state index contributed by atoms with van der Waals surface area (Å²) in [5, 5.41) is 3.99. The molecule has 2 unspecified atom stereocenters. The standard InChI is InChI=1S/C29H31ClN4O2/c1-20-19-28(34(21(2)35)25-13-9-23(30)10-14-25)26-5-3-4-6-27(26)33(20)29(36)22-7-11-24(12-8-22)32-17-15-31-16-18-32/h3-14,20,28,31H,15-19H2,1-2H3. The predicted octanol–water partition coefficient (Wildman–Crippen LogP) is 5.28. The number of rotatable bonds is 4. The Morgan fingerprint density at radius 1 is 0.944 bits per heavy atom. The first kappa shape index (κ1) is 24.3. The van der Waals surface area contributed by atoms with Crippen LogP contribution >= 0.6 is 11.6 Å². The molecule has 0 radical (unpaired) electrons. The Balaban J connectivity index is 1.46. The average molecular weight is 503 g/mol. The number of halogens is 1. The summed E-state index contributed by atoms with van der Waals surface area (Å²) in [7, 11) is 0. The molecule has 0 aromatic heterocycles. The van der Waals surface area contributed by atoms with Crippen LogP contribution in [-0.4, -0.2) is 44.0 Å². The topological polar surface area (TPSA) is 55.9 Å². The minimum absolute atomic E-state index is 0.0267. The lowest BCUT2D eigenvalue weighted by atomic mass is 9.89. The van der Waals surface area contributed by atoms with E-state index < -0.39 is 0 Å². The number of hydrogen-bond acceptors (Lipinski definition) is 4. The van der Waals surface area contributed by atoms with Crippen LogP contribution in [0.15, 0.2) is 72.8 Å². The Kier molecular flexibility index (Phi) is 6.99. The lowest BCUT2D eigenvalue weighted by molar-refractivity contribution is -0.117. The molecular weight excluding hydrogens is 472 g/mol. The second kappa shape index (κ2) is 10.3. The molecule has 5 rings (SSSR count). The minimum atomic E-state index is -0.186. The lowest BCUT2D eigenvalue weighted by Crippen LogP contribution is -2.47. The van der Waals surface area contributed by atoms with Gasteiger partial charge in [0.05, 0.1) is 6.04 Å². The number of hydrogen-bond donors (Lipinski definition) is 1. The van der Waals surface area contributed by atoms with Crippen molar-refractivity contribution in [3.8, 4) is 0 Å². The van der Waals surface area contributed by atoms with Gasteiger partial charge in [0.2, 0.25) is 5.91 Å². The van der Waals surface area contributed by atoms with E-state index in [2.05, 4.69) is 17.1 Å². The van der Waals surface area contributed by atoms with Crippen LogP contribution in [0.4, 0.5) is 17.1 Å². The third-order valence-corrected chi connectivity index (χ3v) is 7.38. The number of carbonyl (C=O) groups is 2. The smallest absolute Gasteiger partial charge is 0.258 e. The van der Waals surface area contributed by atoms with Crippen molar-refractivity contribution in [2.75, 3.05) is 40.9 Å². The SMILES string of the molecule is CC(=O)N(c1ccc(Cl)cc1)C1CC(C)N(C(=O)c2ccc(N3CCNCC3)cc2)c2ccccc21. The Morgan fingerprint density at radius 2 is 1.61 bits per heavy atom. The van der Waals surface area contributed by atoms with Crippen molar-refractivity contribution >= 4 is 40.5 Å². The molecule has 36 heavy (non-hydrogen) atoms. The first-order chi connectivity index (χ1) is 17.4. The zero-order chi connectivity index (χ0) is 25.2. The summed E-state index contributed by atoms with van der Waals surface area (Å²) >= 11 is 6.10. The normalized spacial score (nSPS) is 19.5. The lowest BCUT2D eigenvalue weighted by Gasteiger charge is -2.43. The highest BCUT2D eigenvalue weighted by Crippen LogP contribution is 2.43. The van der Waals surface area contributed by atoms with E-state index in [0.29, 0.717) is 17.0 Å². The molecule has 2 aliphatic heterocycles. The zero-order valence-electron chi connectivity index (χ0n) is 20.7. The molecule has 0 saturated carbocycles. The van der Waals surface area contributed by atoms with E-state index in [-0.39, 0.29) is 23.9 Å². The Bertz CT molecular complexity index is 1240. The number of amides is 2. The molecule has 3 aromatic carbocycles. The van der Waals surface area contributed by atoms with Crippen molar-refractivity contribution < 1.29 is 9.59 Å². The molecule has 1 saturated heterocycles. The molecule has 2 aliphatic rings. The van der Waals surface area contributed by atoms with Crippen LogP contribution in [0, 0.1) is 0 Å². The molecule has 0 bridgehead atoms. The predicted molar refractivity (Wildman–Crippen MR) is 146 cm³/mol. The van der Waals surface area contributed by atoms with Crippen LogP contribution in [0.3, 0.4) is 0 Å². The van der Waals surface area contributed by atoms with Crippen LogP contribution in [0.5, 0.6) is 0 Å². The number of nitrogens with zero attached hydrogens (tertiary/aromatic N) is 3. The van der Waals surface area contributed by atoms with Gasteiger partial charge >= 0.3 is 0 Å². The van der Waals surface area contributed by atoms with Crippen molar-refractivity contribution in [1.29, 1.82) is 0 Å². The number of nitrogens with one attached hydrogen (secondary N) is 1. The van der Waals surface area contributed by atoms with Crippen LogP contribution in [0.1, 0.15) is 42.2 Å². The van der Waals surface area contributed by atoms with Gasteiger partial charge in [-0.15, -0.1) is 0 Å². The van der Waals surface area contributed by atoms with Gasteiger partial charge in [0.15, 0.2) is 0 Å². The van der Waals surface area contributed by atoms with Gasteiger partial charge in [0, 0.05) is 66.8 Å². The highest BCUT2D eigenvalue weighted by Gasteiger charge is 2.38. The summed E-state index contributed by atoms with van der Waals surface area (Å²) in [5.74, 6) is -0.0752. The van der Waals surface area contributed by atoms with E-state index in [9.17, 15) is 9.59 Å². The summed E-state index contributed by atoms with van der Waals surface area (Å²) < 4.78 is 0. The van der Waals surface area contributed by atoms with Crippen LogP contribution < -0.4 is 20.0 Å². The average Bonchev–Trinajstić information content (AvgIpc) is 2.90. The highest BCUT2D eigenvalue weighted by atomic mass is 35.5. The Hall–Kier alpha value is -3.35. The van der Waals surface area contributed by atoms with Gasteiger partial charge in [-0.25, -0.2) is 0 Å². The van der Waals surface area contributed by atoms with Gasteiger partial charge < -0.3 is 20.0 Å². The van der Waals surface area contributed by atoms with E-state index in [0.717, 1.165) is 48.8 Å². The van der Waals surface area contributed by atoms with Crippen LogP contribution in [-0.2, 0) is 4.79 Å². The van der Waals surface area contributed by atoms with E-state index in [4.69, 9.17) is 11.6 Å². The number of piperazine rings is 1. The van der Waals surface area contributed by atoms with E-state index in [1.165, 1.54) is 0 Å². The summed E-state index contributed by atoms with van der Waals surface area (Å²) in [6.07, 6.45) is 0.629. The third-order valence-electron chi connectivity index (χ3n) is 7.13. The van der Waals surface area contributed by atoms with Gasteiger partial charge in [-0.3, -0.25) is 9.59 Å². The largest absolute Gasteiger partial charge is 0.369 e. The van der Waals surface area contributed by atoms with Gasteiger partial charge in [-0.05, 0) is 73.5 Å². The molecule has 2 heterocycles. The van der Waals surface area contributed by atoms with Gasteiger partial charge in [-0.1, -0.05) is 29.8 Å². The molecule has 0 spiro atoms. The van der Waals surface area contributed by atoms with Crippen molar-refractivity contribution in [1.82, 2.24) is 5.32 Å². The maximum absolute atomic E-state index is 13.8.